The minimum atomic E-state index is -0.106. The van der Waals surface area contributed by atoms with Gasteiger partial charge in [-0.05, 0) is 39.1 Å². The average molecular weight is 222 g/mol. The molecule has 1 aromatic rings. The van der Waals surface area contributed by atoms with Crippen molar-refractivity contribution < 1.29 is 4.39 Å². The van der Waals surface area contributed by atoms with E-state index in [4.69, 9.17) is 0 Å². The standard InChI is InChI=1S/C13H19FN2/c1-15(2)11-7-9-16(10-8-11)13-6-4-3-5-12(13)14/h3-6,11H,7-10H2,1-2H3. The van der Waals surface area contributed by atoms with Gasteiger partial charge in [0.15, 0.2) is 0 Å². The third-order valence-electron chi connectivity index (χ3n) is 3.39. The summed E-state index contributed by atoms with van der Waals surface area (Å²) in [5.41, 5.74) is 0.750. The number of benzene rings is 1. The van der Waals surface area contributed by atoms with Crippen LogP contribution in [0.1, 0.15) is 12.8 Å². The van der Waals surface area contributed by atoms with Crippen molar-refractivity contribution in [2.75, 3.05) is 32.1 Å². The monoisotopic (exact) mass is 222 g/mol. The minimum Gasteiger partial charge on any atom is -0.369 e. The van der Waals surface area contributed by atoms with Crippen molar-refractivity contribution in [3.8, 4) is 0 Å². The van der Waals surface area contributed by atoms with Crippen LogP contribution in [0.25, 0.3) is 0 Å². The van der Waals surface area contributed by atoms with E-state index in [1.807, 2.05) is 12.1 Å². The lowest BCUT2D eigenvalue weighted by atomic mass is 10.0. The van der Waals surface area contributed by atoms with E-state index in [2.05, 4.69) is 23.9 Å². The zero-order valence-corrected chi connectivity index (χ0v) is 9.99. The Kier molecular flexibility index (Phi) is 3.44. The molecule has 2 rings (SSSR count). The van der Waals surface area contributed by atoms with Gasteiger partial charge >= 0.3 is 0 Å². The van der Waals surface area contributed by atoms with Crippen LogP contribution in [0.5, 0.6) is 0 Å². The fourth-order valence-corrected chi connectivity index (χ4v) is 2.33. The van der Waals surface area contributed by atoms with Gasteiger partial charge in [-0.25, -0.2) is 4.39 Å². The van der Waals surface area contributed by atoms with E-state index in [0.717, 1.165) is 31.6 Å². The highest BCUT2D eigenvalue weighted by molar-refractivity contribution is 5.47. The Morgan fingerprint density at radius 2 is 1.81 bits per heavy atom. The van der Waals surface area contributed by atoms with Gasteiger partial charge in [0.2, 0.25) is 0 Å². The Morgan fingerprint density at radius 3 is 2.38 bits per heavy atom. The molecule has 0 radical (unpaired) electrons. The van der Waals surface area contributed by atoms with E-state index in [-0.39, 0.29) is 5.82 Å². The molecule has 88 valence electrons. The summed E-state index contributed by atoms with van der Waals surface area (Å²) in [5, 5.41) is 0. The number of anilines is 1. The molecule has 0 aliphatic carbocycles. The van der Waals surface area contributed by atoms with Crippen LogP contribution in [0.4, 0.5) is 10.1 Å². The fraction of sp³-hybridized carbons (Fsp3) is 0.538. The Labute approximate surface area is 96.7 Å². The molecule has 1 heterocycles. The topological polar surface area (TPSA) is 6.48 Å². The third-order valence-corrected chi connectivity index (χ3v) is 3.39. The maximum Gasteiger partial charge on any atom is 0.146 e. The molecule has 1 aliphatic heterocycles. The first-order valence-electron chi connectivity index (χ1n) is 5.84. The molecule has 1 aliphatic rings. The average Bonchev–Trinajstić information content (AvgIpc) is 2.30. The molecule has 0 atom stereocenters. The van der Waals surface area contributed by atoms with Crippen LogP contribution in [0.15, 0.2) is 24.3 Å². The van der Waals surface area contributed by atoms with Crippen LogP contribution in [0, 0.1) is 5.82 Å². The number of para-hydroxylation sites is 1. The van der Waals surface area contributed by atoms with Gasteiger partial charge in [-0.3, -0.25) is 0 Å². The first-order valence-corrected chi connectivity index (χ1v) is 5.84. The van der Waals surface area contributed by atoms with Gasteiger partial charge in [0.25, 0.3) is 0 Å². The van der Waals surface area contributed by atoms with E-state index in [1.54, 1.807) is 6.07 Å². The Bertz CT molecular complexity index is 344. The van der Waals surface area contributed by atoms with Crippen LogP contribution in [-0.2, 0) is 0 Å². The van der Waals surface area contributed by atoms with Crippen molar-refractivity contribution in [2.24, 2.45) is 0 Å². The molecule has 1 fully saturated rings. The van der Waals surface area contributed by atoms with Crippen molar-refractivity contribution in [3.63, 3.8) is 0 Å². The molecule has 0 N–H and O–H groups in total. The number of rotatable bonds is 2. The summed E-state index contributed by atoms with van der Waals surface area (Å²) in [4.78, 5) is 4.41. The highest BCUT2D eigenvalue weighted by atomic mass is 19.1. The zero-order chi connectivity index (χ0) is 11.5. The number of halogens is 1. The number of piperidine rings is 1. The summed E-state index contributed by atoms with van der Waals surface area (Å²) >= 11 is 0. The summed E-state index contributed by atoms with van der Waals surface area (Å²) in [7, 11) is 4.23. The van der Waals surface area contributed by atoms with Crippen LogP contribution in [-0.4, -0.2) is 38.1 Å². The normalized spacial score (nSPS) is 18.1. The second-order valence-corrected chi connectivity index (χ2v) is 4.63. The number of hydrogen-bond donors (Lipinski definition) is 0. The Hall–Kier alpha value is -1.09. The molecule has 0 unspecified atom stereocenters. The van der Waals surface area contributed by atoms with Gasteiger partial charge in [0.1, 0.15) is 5.82 Å². The zero-order valence-electron chi connectivity index (χ0n) is 9.99. The Balaban J connectivity index is 2.02. The van der Waals surface area contributed by atoms with Crippen molar-refractivity contribution in [1.82, 2.24) is 4.90 Å². The minimum absolute atomic E-state index is 0.106. The van der Waals surface area contributed by atoms with Crippen molar-refractivity contribution >= 4 is 5.69 Å². The molecule has 0 amide bonds. The highest BCUT2D eigenvalue weighted by Crippen LogP contribution is 2.23. The summed E-state index contributed by atoms with van der Waals surface area (Å²) in [6.07, 6.45) is 2.22. The second kappa shape index (κ2) is 4.83. The van der Waals surface area contributed by atoms with Gasteiger partial charge in [-0.15, -0.1) is 0 Å². The van der Waals surface area contributed by atoms with Gasteiger partial charge < -0.3 is 9.80 Å². The van der Waals surface area contributed by atoms with Crippen molar-refractivity contribution in [3.05, 3.63) is 30.1 Å². The lowest BCUT2D eigenvalue weighted by molar-refractivity contribution is 0.249. The maximum absolute atomic E-state index is 13.6. The number of hydrogen-bond acceptors (Lipinski definition) is 2. The Morgan fingerprint density at radius 1 is 1.19 bits per heavy atom. The number of nitrogens with zero attached hydrogens (tertiary/aromatic N) is 2. The summed E-state index contributed by atoms with van der Waals surface area (Å²) in [6, 6.07) is 7.68. The predicted molar refractivity (Wildman–Crippen MR) is 65.3 cm³/mol. The smallest absolute Gasteiger partial charge is 0.146 e. The molecule has 0 bridgehead atoms. The SMILES string of the molecule is CN(C)C1CCN(c2ccccc2F)CC1. The van der Waals surface area contributed by atoms with Crippen LogP contribution in [0.3, 0.4) is 0 Å². The molecule has 2 nitrogen and oxygen atoms in total. The molecule has 1 aromatic carbocycles. The third kappa shape index (κ3) is 2.35. The summed E-state index contributed by atoms with van der Waals surface area (Å²) in [5.74, 6) is -0.106. The van der Waals surface area contributed by atoms with Crippen LogP contribution < -0.4 is 4.90 Å². The molecule has 0 spiro atoms. The quantitative estimate of drug-likeness (QED) is 0.758. The van der Waals surface area contributed by atoms with E-state index < -0.39 is 0 Å². The van der Waals surface area contributed by atoms with Gasteiger partial charge in [-0.2, -0.15) is 0 Å². The van der Waals surface area contributed by atoms with Crippen molar-refractivity contribution in [2.45, 2.75) is 18.9 Å². The molecule has 3 heteroatoms. The molecule has 16 heavy (non-hydrogen) atoms. The maximum atomic E-state index is 13.6. The second-order valence-electron chi connectivity index (χ2n) is 4.63. The largest absolute Gasteiger partial charge is 0.369 e. The van der Waals surface area contributed by atoms with Crippen LogP contribution >= 0.6 is 0 Å². The predicted octanol–water partition coefficient (Wildman–Crippen LogP) is 2.36. The van der Waals surface area contributed by atoms with Gasteiger partial charge in [0, 0.05) is 19.1 Å². The van der Waals surface area contributed by atoms with E-state index in [9.17, 15) is 4.39 Å². The van der Waals surface area contributed by atoms with E-state index in [0.29, 0.717) is 6.04 Å². The summed E-state index contributed by atoms with van der Waals surface area (Å²) in [6.45, 7) is 1.90. The van der Waals surface area contributed by atoms with E-state index in [1.165, 1.54) is 6.07 Å². The lowest BCUT2D eigenvalue weighted by Gasteiger charge is -2.36. The molecule has 0 saturated carbocycles. The highest BCUT2D eigenvalue weighted by Gasteiger charge is 2.21. The molecule has 1 saturated heterocycles. The van der Waals surface area contributed by atoms with E-state index >= 15 is 0 Å². The van der Waals surface area contributed by atoms with Gasteiger partial charge in [-0.1, -0.05) is 12.1 Å². The molecular formula is C13H19FN2. The summed E-state index contributed by atoms with van der Waals surface area (Å²) < 4.78 is 13.6. The van der Waals surface area contributed by atoms with Crippen LogP contribution in [0.2, 0.25) is 0 Å². The van der Waals surface area contributed by atoms with Gasteiger partial charge in [0.05, 0.1) is 5.69 Å². The fourth-order valence-electron chi connectivity index (χ4n) is 2.33. The first kappa shape index (κ1) is 11.4. The molecule has 0 aromatic heterocycles. The molecular weight excluding hydrogens is 203 g/mol. The van der Waals surface area contributed by atoms with Crippen molar-refractivity contribution in [1.29, 1.82) is 0 Å². The first-order chi connectivity index (χ1) is 7.68. The lowest BCUT2D eigenvalue weighted by Crippen LogP contribution is -2.42.